The Morgan fingerprint density at radius 3 is 2.48 bits per heavy atom. The van der Waals surface area contributed by atoms with Crippen molar-refractivity contribution in [3.8, 4) is 0 Å². The van der Waals surface area contributed by atoms with E-state index in [1.165, 1.54) is 5.56 Å². The van der Waals surface area contributed by atoms with Crippen molar-refractivity contribution in [3.63, 3.8) is 0 Å². The quantitative estimate of drug-likeness (QED) is 0.187. The summed E-state index contributed by atoms with van der Waals surface area (Å²) in [4.78, 5) is 18.9. The van der Waals surface area contributed by atoms with Crippen molar-refractivity contribution in [2.75, 3.05) is 39.3 Å². The Balaban J connectivity index is 0.00000364. The first-order valence-corrected chi connectivity index (χ1v) is 10.7. The van der Waals surface area contributed by atoms with E-state index in [-0.39, 0.29) is 35.8 Å². The van der Waals surface area contributed by atoms with Gasteiger partial charge in [0.05, 0.1) is 12.6 Å². The van der Waals surface area contributed by atoms with Crippen molar-refractivity contribution in [3.05, 3.63) is 22.4 Å². The first kappa shape index (κ1) is 24.2. The summed E-state index contributed by atoms with van der Waals surface area (Å²) in [6.45, 7) is 11.3. The highest BCUT2D eigenvalue weighted by Gasteiger charge is 2.29. The number of halogens is 1. The Labute approximate surface area is 184 Å². The molecule has 1 fully saturated rings. The fourth-order valence-corrected chi connectivity index (χ4v) is 3.64. The molecule has 1 amide bonds. The molecule has 1 saturated carbocycles. The first-order chi connectivity index (χ1) is 12.7. The number of hydrogen-bond acceptors (Lipinski definition) is 4. The number of nitrogens with one attached hydrogen (secondary N) is 3. The Morgan fingerprint density at radius 2 is 1.93 bits per heavy atom. The van der Waals surface area contributed by atoms with Gasteiger partial charge in [-0.2, -0.15) is 11.3 Å². The van der Waals surface area contributed by atoms with Crippen LogP contribution in [0.4, 0.5) is 0 Å². The monoisotopic (exact) mass is 507 g/mol. The number of likely N-dealkylation sites (N-methyl/N-ethyl adjacent to an activating group) is 1. The minimum Gasteiger partial charge on any atom is -0.357 e. The summed E-state index contributed by atoms with van der Waals surface area (Å²) in [7, 11) is 0. The molecule has 1 unspecified atom stereocenters. The second kappa shape index (κ2) is 13.3. The molecule has 0 aliphatic heterocycles. The summed E-state index contributed by atoms with van der Waals surface area (Å²) in [5, 5.41) is 13.9. The Kier molecular flexibility index (Phi) is 11.9. The number of amides is 1. The van der Waals surface area contributed by atoms with Crippen LogP contribution in [-0.2, 0) is 4.79 Å². The van der Waals surface area contributed by atoms with E-state index >= 15 is 0 Å². The zero-order valence-electron chi connectivity index (χ0n) is 16.7. The molecule has 1 aromatic heterocycles. The van der Waals surface area contributed by atoms with Gasteiger partial charge in [0.2, 0.25) is 5.91 Å². The molecule has 0 radical (unpaired) electrons. The lowest BCUT2D eigenvalue weighted by molar-refractivity contribution is -0.122. The number of thiophene rings is 1. The van der Waals surface area contributed by atoms with Crippen LogP contribution in [0.2, 0.25) is 0 Å². The largest absolute Gasteiger partial charge is 0.357 e. The highest BCUT2D eigenvalue weighted by Crippen LogP contribution is 2.28. The topological polar surface area (TPSA) is 68.8 Å². The maximum atomic E-state index is 11.7. The van der Waals surface area contributed by atoms with Crippen molar-refractivity contribution in [2.24, 2.45) is 10.9 Å². The minimum atomic E-state index is 0. The minimum absolute atomic E-state index is 0. The van der Waals surface area contributed by atoms with Gasteiger partial charge in [-0.15, -0.1) is 24.0 Å². The smallest absolute Gasteiger partial charge is 0.223 e. The Bertz CT molecular complexity index is 558. The average Bonchev–Trinajstić information content (AvgIpc) is 3.37. The zero-order valence-corrected chi connectivity index (χ0v) is 19.8. The molecule has 0 spiro atoms. The van der Waals surface area contributed by atoms with Gasteiger partial charge in [0.15, 0.2) is 5.96 Å². The predicted octanol–water partition coefficient (Wildman–Crippen LogP) is 2.83. The average molecular weight is 507 g/mol. The van der Waals surface area contributed by atoms with Crippen molar-refractivity contribution >= 4 is 47.2 Å². The number of hydrogen-bond donors (Lipinski definition) is 3. The van der Waals surface area contributed by atoms with Gasteiger partial charge in [-0.25, -0.2) is 0 Å². The van der Waals surface area contributed by atoms with Crippen LogP contribution in [0.3, 0.4) is 0 Å². The van der Waals surface area contributed by atoms with Gasteiger partial charge in [0.1, 0.15) is 0 Å². The summed E-state index contributed by atoms with van der Waals surface area (Å²) in [6, 6.07) is 2.48. The van der Waals surface area contributed by atoms with Gasteiger partial charge >= 0.3 is 0 Å². The fraction of sp³-hybridized carbons (Fsp3) is 0.684. The van der Waals surface area contributed by atoms with Crippen LogP contribution in [-0.4, -0.2) is 56.0 Å². The SMILES string of the molecule is CCNC(=NCC(c1ccsc1)N(CC)CC)NCCNC(=O)C1CC1.I. The molecular weight excluding hydrogens is 473 g/mol. The van der Waals surface area contributed by atoms with Crippen LogP contribution >= 0.6 is 35.3 Å². The highest BCUT2D eigenvalue weighted by atomic mass is 127. The number of nitrogens with zero attached hydrogens (tertiary/aromatic N) is 2. The molecule has 154 valence electrons. The first-order valence-electron chi connectivity index (χ1n) is 9.75. The Hall–Kier alpha value is -0.870. The molecule has 3 N–H and O–H groups in total. The van der Waals surface area contributed by atoms with Crippen molar-refractivity contribution < 1.29 is 4.79 Å². The van der Waals surface area contributed by atoms with Crippen LogP contribution in [0, 0.1) is 5.92 Å². The van der Waals surface area contributed by atoms with Gasteiger partial charge in [-0.05, 0) is 55.2 Å². The van der Waals surface area contributed by atoms with E-state index in [0.717, 1.165) is 38.4 Å². The van der Waals surface area contributed by atoms with Gasteiger partial charge in [0, 0.05) is 25.6 Å². The van der Waals surface area contributed by atoms with E-state index in [1.807, 2.05) is 0 Å². The second-order valence-electron chi connectivity index (χ2n) is 6.51. The molecule has 0 saturated heterocycles. The van der Waals surface area contributed by atoms with E-state index in [9.17, 15) is 4.79 Å². The van der Waals surface area contributed by atoms with Crippen molar-refractivity contribution in [2.45, 2.75) is 39.7 Å². The molecule has 1 heterocycles. The summed E-state index contributed by atoms with van der Waals surface area (Å²) in [5.41, 5.74) is 1.33. The predicted molar refractivity (Wildman–Crippen MR) is 125 cm³/mol. The number of aliphatic imine (C=N–C) groups is 1. The molecule has 2 rings (SSSR count). The van der Waals surface area contributed by atoms with Crippen LogP contribution in [0.5, 0.6) is 0 Å². The molecule has 0 bridgehead atoms. The number of guanidine groups is 1. The number of carbonyl (C=O) groups is 1. The molecule has 8 heteroatoms. The molecule has 1 aliphatic rings. The highest BCUT2D eigenvalue weighted by molar-refractivity contribution is 14.0. The lowest BCUT2D eigenvalue weighted by Crippen LogP contribution is -2.42. The molecule has 1 aromatic rings. The van der Waals surface area contributed by atoms with Crippen molar-refractivity contribution in [1.82, 2.24) is 20.9 Å². The maximum absolute atomic E-state index is 11.7. The third kappa shape index (κ3) is 8.35. The lowest BCUT2D eigenvalue weighted by atomic mass is 10.1. The van der Waals surface area contributed by atoms with E-state index in [4.69, 9.17) is 4.99 Å². The van der Waals surface area contributed by atoms with E-state index < -0.39 is 0 Å². The molecular formula is C19H34IN5OS. The van der Waals surface area contributed by atoms with Gasteiger partial charge in [0.25, 0.3) is 0 Å². The van der Waals surface area contributed by atoms with E-state index in [2.05, 4.69) is 58.4 Å². The van der Waals surface area contributed by atoms with E-state index in [1.54, 1.807) is 11.3 Å². The molecule has 1 aliphatic carbocycles. The van der Waals surface area contributed by atoms with Crippen molar-refractivity contribution in [1.29, 1.82) is 0 Å². The lowest BCUT2D eigenvalue weighted by Gasteiger charge is -2.28. The van der Waals surface area contributed by atoms with Crippen LogP contribution in [0.25, 0.3) is 0 Å². The molecule has 0 aromatic carbocycles. The summed E-state index contributed by atoms with van der Waals surface area (Å²) < 4.78 is 0. The van der Waals surface area contributed by atoms with Gasteiger partial charge in [-0.1, -0.05) is 13.8 Å². The van der Waals surface area contributed by atoms with Crippen LogP contribution in [0.1, 0.15) is 45.2 Å². The summed E-state index contributed by atoms with van der Waals surface area (Å²) in [5.74, 6) is 1.26. The molecule has 27 heavy (non-hydrogen) atoms. The third-order valence-corrected chi connectivity index (χ3v) is 5.31. The van der Waals surface area contributed by atoms with Gasteiger partial charge < -0.3 is 16.0 Å². The zero-order chi connectivity index (χ0) is 18.8. The Morgan fingerprint density at radius 1 is 1.22 bits per heavy atom. The number of rotatable bonds is 11. The third-order valence-electron chi connectivity index (χ3n) is 4.61. The fourth-order valence-electron chi connectivity index (χ4n) is 2.94. The number of carbonyl (C=O) groups excluding carboxylic acids is 1. The normalized spacial score (nSPS) is 15.2. The van der Waals surface area contributed by atoms with Gasteiger partial charge in [-0.3, -0.25) is 14.7 Å². The second-order valence-corrected chi connectivity index (χ2v) is 7.29. The molecule has 1 atom stereocenters. The summed E-state index contributed by atoms with van der Waals surface area (Å²) >= 11 is 1.73. The maximum Gasteiger partial charge on any atom is 0.223 e. The standard InChI is InChI=1S/C19H33N5OS.HI/c1-4-20-19(22-11-10-21-18(25)15-7-8-15)23-13-17(24(5-2)6-3)16-9-12-26-14-16;/h9,12,14-15,17H,4-8,10-11,13H2,1-3H3,(H,21,25)(H2,20,22,23);1H. The van der Waals surface area contributed by atoms with E-state index in [0.29, 0.717) is 25.7 Å². The van der Waals surface area contributed by atoms with Crippen LogP contribution < -0.4 is 16.0 Å². The molecule has 6 nitrogen and oxygen atoms in total. The van der Waals surface area contributed by atoms with Crippen LogP contribution in [0.15, 0.2) is 21.8 Å². The summed E-state index contributed by atoms with van der Waals surface area (Å²) in [6.07, 6.45) is 2.08.